The van der Waals surface area contributed by atoms with E-state index in [4.69, 9.17) is 5.11 Å². The van der Waals surface area contributed by atoms with E-state index in [0.29, 0.717) is 11.5 Å². The standard InChI is InChI=1S/C5H2F3N3O3S/c6-5(7,8)3(14)10-4-9-1(2(12)13)11-15-4/h(H,12,13)(H,9,10,11,14). The van der Waals surface area contributed by atoms with Crippen LogP contribution in [0.15, 0.2) is 0 Å². The van der Waals surface area contributed by atoms with Crippen molar-refractivity contribution in [3.8, 4) is 0 Å². The van der Waals surface area contributed by atoms with Crippen molar-refractivity contribution in [3.63, 3.8) is 0 Å². The first-order valence-electron chi connectivity index (χ1n) is 3.26. The Morgan fingerprint density at radius 3 is 2.40 bits per heavy atom. The third kappa shape index (κ3) is 2.87. The maximum absolute atomic E-state index is 11.7. The van der Waals surface area contributed by atoms with Crippen LogP contribution in [0.25, 0.3) is 0 Å². The Bertz CT molecular complexity index is 402. The van der Waals surface area contributed by atoms with Gasteiger partial charge in [-0.3, -0.25) is 10.1 Å². The summed E-state index contributed by atoms with van der Waals surface area (Å²) in [6.45, 7) is 0. The number of rotatable bonds is 2. The van der Waals surface area contributed by atoms with Gasteiger partial charge in [-0.05, 0) is 0 Å². The molecule has 0 spiro atoms. The van der Waals surface area contributed by atoms with Gasteiger partial charge in [0.2, 0.25) is 5.13 Å². The molecule has 1 aromatic rings. The summed E-state index contributed by atoms with van der Waals surface area (Å²) >= 11 is 0.348. The van der Waals surface area contributed by atoms with Gasteiger partial charge >= 0.3 is 18.1 Å². The minimum atomic E-state index is -5.05. The lowest BCUT2D eigenvalue weighted by atomic mass is 10.6. The number of nitrogens with zero attached hydrogens (tertiary/aromatic N) is 2. The molecule has 1 amide bonds. The molecule has 0 radical (unpaired) electrons. The molecule has 10 heteroatoms. The third-order valence-corrected chi connectivity index (χ3v) is 1.73. The van der Waals surface area contributed by atoms with Crippen molar-refractivity contribution in [3.05, 3.63) is 5.82 Å². The van der Waals surface area contributed by atoms with Crippen molar-refractivity contribution in [1.29, 1.82) is 0 Å². The average molecular weight is 241 g/mol. The van der Waals surface area contributed by atoms with E-state index in [1.54, 1.807) is 0 Å². The zero-order valence-electron chi connectivity index (χ0n) is 6.70. The number of aromatic nitrogens is 2. The van der Waals surface area contributed by atoms with Gasteiger partial charge in [0.05, 0.1) is 0 Å². The van der Waals surface area contributed by atoms with E-state index in [9.17, 15) is 22.8 Å². The van der Waals surface area contributed by atoms with Crippen LogP contribution in [-0.4, -0.2) is 32.5 Å². The van der Waals surface area contributed by atoms with E-state index in [1.807, 2.05) is 0 Å². The van der Waals surface area contributed by atoms with Crippen molar-refractivity contribution >= 4 is 28.5 Å². The second-order valence-electron chi connectivity index (χ2n) is 2.18. The topological polar surface area (TPSA) is 92.2 Å². The Morgan fingerprint density at radius 2 is 2.00 bits per heavy atom. The van der Waals surface area contributed by atoms with E-state index in [1.165, 1.54) is 5.32 Å². The summed E-state index contributed by atoms with van der Waals surface area (Å²) in [4.78, 5) is 23.8. The smallest absolute Gasteiger partial charge is 0.471 e. The van der Waals surface area contributed by atoms with E-state index in [2.05, 4.69) is 9.36 Å². The van der Waals surface area contributed by atoms with Crippen LogP contribution >= 0.6 is 11.5 Å². The Kier molecular flexibility index (Phi) is 2.88. The summed E-state index contributed by atoms with van der Waals surface area (Å²) in [6.07, 6.45) is -5.05. The number of carbonyl (C=O) groups is 2. The zero-order valence-corrected chi connectivity index (χ0v) is 7.52. The molecule has 1 rings (SSSR count). The van der Waals surface area contributed by atoms with E-state index >= 15 is 0 Å². The lowest BCUT2D eigenvalue weighted by molar-refractivity contribution is -0.167. The number of hydrogen-bond donors (Lipinski definition) is 2. The molecule has 0 bridgehead atoms. The first-order valence-corrected chi connectivity index (χ1v) is 4.03. The SMILES string of the molecule is O=C(O)c1nsc(NC(=O)C(F)(F)F)n1. The van der Waals surface area contributed by atoms with Crippen LogP contribution in [0.3, 0.4) is 0 Å². The van der Waals surface area contributed by atoms with Crippen molar-refractivity contribution in [2.45, 2.75) is 6.18 Å². The molecule has 2 N–H and O–H groups in total. The summed E-state index contributed by atoms with van der Waals surface area (Å²) in [5, 5.41) is 9.19. The van der Waals surface area contributed by atoms with Crippen LogP contribution in [-0.2, 0) is 4.79 Å². The molecule has 1 heterocycles. The average Bonchev–Trinajstić information content (AvgIpc) is 2.50. The molecule has 0 aromatic carbocycles. The molecule has 0 aliphatic carbocycles. The predicted molar refractivity (Wildman–Crippen MR) is 41.6 cm³/mol. The number of carboxylic acid groups (broad SMARTS) is 1. The van der Waals surface area contributed by atoms with Gasteiger partial charge in [0.25, 0.3) is 5.82 Å². The molecule has 6 nitrogen and oxygen atoms in total. The van der Waals surface area contributed by atoms with Crippen LogP contribution in [0, 0.1) is 0 Å². The normalized spacial score (nSPS) is 11.1. The van der Waals surface area contributed by atoms with Gasteiger partial charge in [-0.1, -0.05) is 0 Å². The molecule has 82 valence electrons. The number of anilines is 1. The second-order valence-corrected chi connectivity index (χ2v) is 2.93. The van der Waals surface area contributed by atoms with Gasteiger partial charge in [0.15, 0.2) is 0 Å². The number of halogens is 3. The number of amides is 1. The van der Waals surface area contributed by atoms with Crippen molar-refractivity contribution in [2.75, 3.05) is 5.32 Å². The largest absolute Gasteiger partial charge is 0.475 e. The van der Waals surface area contributed by atoms with Gasteiger partial charge in [-0.2, -0.15) is 22.5 Å². The summed E-state index contributed by atoms with van der Waals surface area (Å²) in [6, 6.07) is 0. The minimum Gasteiger partial charge on any atom is -0.475 e. The van der Waals surface area contributed by atoms with Crippen LogP contribution in [0.2, 0.25) is 0 Å². The van der Waals surface area contributed by atoms with Crippen molar-refractivity contribution in [1.82, 2.24) is 9.36 Å². The number of aromatic carboxylic acids is 1. The number of alkyl halides is 3. The van der Waals surface area contributed by atoms with Gasteiger partial charge < -0.3 is 5.11 Å². The molecular formula is C5H2F3N3O3S. The highest BCUT2D eigenvalue weighted by molar-refractivity contribution is 7.10. The fourth-order valence-corrected chi connectivity index (χ4v) is 1.09. The maximum atomic E-state index is 11.7. The summed E-state index contributed by atoms with van der Waals surface area (Å²) < 4.78 is 38.4. The minimum absolute atomic E-state index is 0.348. The Hall–Kier alpha value is -1.71. The zero-order chi connectivity index (χ0) is 11.6. The number of carbonyl (C=O) groups excluding carboxylic acids is 1. The van der Waals surface area contributed by atoms with Gasteiger partial charge in [-0.15, -0.1) is 0 Å². The highest BCUT2D eigenvalue weighted by atomic mass is 32.1. The quantitative estimate of drug-likeness (QED) is 0.796. The highest BCUT2D eigenvalue weighted by Crippen LogP contribution is 2.19. The fraction of sp³-hybridized carbons (Fsp3) is 0.200. The van der Waals surface area contributed by atoms with Gasteiger partial charge in [0.1, 0.15) is 0 Å². The Labute approximate surface area is 83.9 Å². The second kappa shape index (κ2) is 3.81. The summed E-state index contributed by atoms with van der Waals surface area (Å²) in [5.41, 5.74) is 0. The molecule has 0 atom stereocenters. The first-order chi connectivity index (χ1) is 6.80. The summed E-state index contributed by atoms with van der Waals surface area (Å²) in [7, 11) is 0. The molecule has 0 fully saturated rings. The van der Waals surface area contributed by atoms with Crippen LogP contribution in [0.1, 0.15) is 10.6 Å². The van der Waals surface area contributed by atoms with E-state index in [0.717, 1.165) is 0 Å². The van der Waals surface area contributed by atoms with Gasteiger partial charge in [0, 0.05) is 11.5 Å². The maximum Gasteiger partial charge on any atom is 0.471 e. The number of hydrogen-bond acceptors (Lipinski definition) is 5. The highest BCUT2D eigenvalue weighted by Gasteiger charge is 2.39. The Morgan fingerprint density at radius 1 is 1.40 bits per heavy atom. The van der Waals surface area contributed by atoms with Crippen molar-refractivity contribution in [2.24, 2.45) is 0 Å². The molecule has 0 saturated heterocycles. The lowest BCUT2D eigenvalue weighted by Crippen LogP contribution is -2.29. The summed E-state index contributed by atoms with van der Waals surface area (Å²) in [5.74, 6) is -4.38. The fourth-order valence-electron chi connectivity index (χ4n) is 0.529. The monoisotopic (exact) mass is 241 g/mol. The van der Waals surface area contributed by atoms with E-state index < -0.39 is 29.0 Å². The predicted octanol–water partition coefficient (Wildman–Crippen LogP) is 0.737. The van der Waals surface area contributed by atoms with Crippen LogP contribution in [0.5, 0.6) is 0 Å². The molecule has 15 heavy (non-hydrogen) atoms. The van der Waals surface area contributed by atoms with Crippen LogP contribution < -0.4 is 5.32 Å². The lowest BCUT2D eigenvalue weighted by Gasteiger charge is -2.03. The molecule has 0 aliphatic rings. The van der Waals surface area contributed by atoms with E-state index in [-0.39, 0.29) is 0 Å². The molecule has 0 unspecified atom stereocenters. The number of carboxylic acids is 1. The van der Waals surface area contributed by atoms with Crippen LogP contribution in [0.4, 0.5) is 18.3 Å². The molecule has 0 aliphatic heterocycles. The Balaban J connectivity index is 2.74. The van der Waals surface area contributed by atoms with Gasteiger partial charge in [-0.25, -0.2) is 4.79 Å². The van der Waals surface area contributed by atoms with Crippen molar-refractivity contribution < 1.29 is 27.9 Å². The molecule has 1 aromatic heterocycles. The molecular weight excluding hydrogens is 239 g/mol. The number of nitrogens with one attached hydrogen (secondary N) is 1. The third-order valence-electron chi connectivity index (χ3n) is 1.10. The molecule has 0 saturated carbocycles. The first kappa shape index (κ1) is 11.4.